The molecule has 3 rings (SSSR count). The van der Waals surface area contributed by atoms with Gasteiger partial charge in [-0.15, -0.1) is 0 Å². The minimum Gasteiger partial charge on any atom is -0.482 e. The zero-order valence-corrected chi connectivity index (χ0v) is 14.9. The summed E-state index contributed by atoms with van der Waals surface area (Å²) in [6.45, 7) is 4.77. The van der Waals surface area contributed by atoms with Gasteiger partial charge in [0, 0.05) is 18.3 Å². The molecule has 0 saturated heterocycles. The van der Waals surface area contributed by atoms with Crippen molar-refractivity contribution in [3.05, 3.63) is 60.2 Å². The van der Waals surface area contributed by atoms with Crippen LogP contribution in [0.4, 0.5) is 11.4 Å². The lowest BCUT2D eigenvalue weighted by Gasteiger charge is -2.31. The Labute approximate surface area is 153 Å². The van der Waals surface area contributed by atoms with E-state index in [4.69, 9.17) is 4.74 Å². The molecule has 2 aromatic carbocycles. The van der Waals surface area contributed by atoms with Crippen molar-refractivity contribution in [2.45, 2.75) is 13.8 Å². The van der Waals surface area contributed by atoms with Crippen molar-refractivity contribution >= 4 is 29.3 Å². The van der Waals surface area contributed by atoms with Crippen molar-refractivity contribution in [2.75, 3.05) is 23.4 Å². The second-order valence-corrected chi connectivity index (χ2v) is 6.60. The Morgan fingerprint density at radius 1 is 1.23 bits per heavy atom. The molecular formula is C21H22N2O3. The van der Waals surface area contributed by atoms with Gasteiger partial charge in [-0.2, -0.15) is 0 Å². The fourth-order valence-corrected chi connectivity index (χ4v) is 2.77. The van der Waals surface area contributed by atoms with E-state index < -0.39 is 0 Å². The van der Waals surface area contributed by atoms with E-state index in [2.05, 4.69) is 19.2 Å². The van der Waals surface area contributed by atoms with E-state index in [-0.39, 0.29) is 18.4 Å². The first-order valence-corrected chi connectivity index (χ1v) is 8.64. The third-order valence-corrected chi connectivity index (χ3v) is 3.94. The van der Waals surface area contributed by atoms with Crippen LogP contribution in [0.5, 0.6) is 5.75 Å². The van der Waals surface area contributed by atoms with Crippen LogP contribution >= 0.6 is 0 Å². The van der Waals surface area contributed by atoms with Crippen LogP contribution in [-0.4, -0.2) is 25.0 Å². The van der Waals surface area contributed by atoms with Crippen LogP contribution in [0.3, 0.4) is 0 Å². The molecule has 0 atom stereocenters. The van der Waals surface area contributed by atoms with Crippen molar-refractivity contribution in [3.63, 3.8) is 0 Å². The summed E-state index contributed by atoms with van der Waals surface area (Å²) < 4.78 is 5.49. The average molecular weight is 350 g/mol. The maximum Gasteiger partial charge on any atom is 0.265 e. The predicted octanol–water partition coefficient (Wildman–Crippen LogP) is 3.72. The Morgan fingerprint density at radius 2 is 2.00 bits per heavy atom. The zero-order valence-electron chi connectivity index (χ0n) is 14.9. The molecule has 1 aliphatic heterocycles. The molecule has 26 heavy (non-hydrogen) atoms. The second kappa shape index (κ2) is 7.87. The number of nitrogens with zero attached hydrogens (tertiary/aromatic N) is 1. The van der Waals surface area contributed by atoms with Crippen molar-refractivity contribution in [2.24, 2.45) is 5.92 Å². The molecule has 0 bridgehead atoms. The average Bonchev–Trinajstić information content (AvgIpc) is 2.63. The van der Waals surface area contributed by atoms with Crippen LogP contribution in [-0.2, 0) is 9.59 Å². The molecule has 0 spiro atoms. The number of carbonyl (C=O) groups is 2. The number of hydrogen-bond acceptors (Lipinski definition) is 3. The molecule has 0 radical (unpaired) electrons. The van der Waals surface area contributed by atoms with Gasteiger partial charge in [0.05, 0.1) is 5.69 Å². The number of amides is 2. The lowest BCUT2D eigenvalue weighted by Crippen LogP contribution is -2.41. The summed E-state index contributed by atoms with van der Waals surface area (Å²) in [6.07, 6.45) is 3.24. The Morgan fingerprint density at radius 3 is 2.73 bits per heavy atom. The first-order chi connectivity index (χ1) is 12.5. The van der Waals surface area contributed by atoms with E-state index in [1.165, 1.54) is 6.08 Å². The molecule has 1 aliphatic rings. The highest BCUT2D eigenvalue weighted by molar-refractivity contribution is 6.03. The highest BCUT2D eigenvalue weighted by atomic mass is 16.5. The first kappa shape index (κ1) is 17.7. The van der Waals surface area contributed by atoms with Crippen LogP contribution < -0.4 is 15.0 Å². The zero-order chi connectivity index (χ0) is 18.5. The normalized spacial score (nSPS) is 13.7. The maximum absolute atomic E-state index is 12.2. The number of fused-ring (bicyclic) bond motifs is 1. The molecule has 0 saturated carbocycles. The minimum absolute atomic E-state index is 0.0469. The van der Waals surface area contributed by atoms with Gasteiger partial charge in [0.1, 0.15) is 5.75 Å². The molecule has 0 aliphatic carbocycles. The second-order valence-electron chi connectivity index (χ2n) is 6.60. The number of rotatable bonds is 5. The van der Waals surface area contributed by atoms with Crippen LogP contribution in [0, 0.1) is 5.92 Å². The molecule has 0 fully saturated rings. The Balaban J connectivity index is 1.75. The topological polar surface area (TPSA) is 58.6 Å². The summed E-state index contributed by atoms with van der Waals surface area (Å²) in [7, 11) is 0. The number of ether oxygens (including phenoxy) is 1. The van der Waals surface area contributed by atoms with Gasteiger partial charge in [-0.1, -0.05) is 44.2 Å². The fraction of sp³-hybridized carbons (Fsp3) is 0.238. The molecule has 1 heterocycles. The summed E-state index contributed by atoms with van der Waals surface area (Å²) >= 11 is 0. The van der Waals surface area contributed by atoms with E-state index >= 15 is 0 Å². The summed E-state index contributed by atoms with van der Waals surface area (Å²) in [5.41, 5.74) is 2.27. The molecule has 0 unspecified atom stereocenters. The van der Waals surface area contributed by atoms with Gasteiger partial charge >= 0.3 is 0 Å². The van der Waals surface area contributed by atoms with E-state index in [0.717, 1.165) is 5.56 Å². The van der Waals surface area contributed by atoms with Gasteiger partial charge in [0.2, 0.25) is 5.91 Å². The minimum atomic E-state index is -0.229. The maximum atomic E-state index is 12.2. The highest BCUT2D eigenvalue weighted by Gasteiger charge is 2.26. The van der Waals surface area contributed by atoms with E-state index in [0.29, 0.717) is 29.6 Å². The van der Waals surface area contributed by atoms with Gasteiger partial charge in [-0.05, 0) is 35.8 Å². The number of carbonyl (C=O) groups excluding carboxylic acids is 2. The highest BCUT2D eigenvalue weighted by Crippen LogP contribution is 2.35. The summed E-state index contributed by atoms with van der Waals surface area (Å²) in [6, 6.07) is 15.0. The number of hydrogen-bond donors (Lipinski definition) is 1. The van der Waals surface area contributed by atoms with Crippen molar-refractivity contribution < 1.29 is 14.3 Å². The van der Waals surface area contributed by atoms with E-state index in [9.17, 15) is 9.59 Å². The standard InChI is InChI=1S/C21H22N2O3/c1-15(2)13-23-18-12-17(9-10-19(18)26-14-21(23)25)22-20(24)11-8-16-6-4-3-5-7-16/h3-12,15H,13-14H2,1-2H3,(H,22,24)/b11-8+. The molecule has 5 heteroatoms. The molecule has 0 aromatic heterocycles. The van der Waals surface area contributed by atoms with Crippen LogP contribution in [0.2, 0.25) is 0 Å². The van der Waals surface area contributed by atoms with Gasteiger partial charge in [0.15, 0.2) is 6.61 Å². The van der Waals surface area contributed by atoms with Crippen molar-refractivity contribution in [1.82, 2.24) is 0 Å². The number of anilines is 2. The van der Waals surface area contributed by atoms with Crippen molar-refractivity contribution in [1.29, 1.82) is 0 Å². The largest absolute Gasteiger partial charge is 0.482 e. The molecule has 2 aromatic rings. The van der Waals surface area contributed by atoms with Crippen LogP contribution in [0.15, 0.2) is 54.6 Å². The summed E-state index contributed by atoms with van der Waals surface area (Å²) in [4.78, 5) is 26.1. The third-order valence-electron chi connectivity index (χ3n) is 3.94. The van der Waals surface area contributed by atoms with Gasteiger partial charge in [-0.3, -0.25) is 9.59 Å². The third kappa shape index (κ3) is 4.30. The van der Waals surface area contributed by atoms with Crippen LogP contribution in [0.1, 0.15) is 19.4 Å². The molecule has 2 amide bonds. The predicted molar refractivity (Wildman–Crippen MR) is 103 cm³/mol. The first-order valence-electron chi connectivity index (χ1n) is 8.64. The summed E-state index contributed by atoms with van der Waals surface area (Å²) in [5, 5.41) is 2.83. The smallest absolute Gasteiger partial charge is 0.265 e. The SMILES string of the molecule is CC(C)CN1C(=O)COc2ccc(NC(=O)/C=C/c3ccccc3)cc21. The van der Waals surface area contributed by atoms with Crippen molar-refractivity contribution in [3.8, 4) is 5.75 Å². The summed E-state index contributed by atoms with van der Waals surface area (Å²) in [5.74, 6) is 0.686. The molecule has 5 nitrogen and oxygen atoms in total. The Kier molecular flexibility index (Phi) is 5.37. The molecular weight excluding hydrogens is 328 g/mol. The lowest BCUT2D eigenvalue weighted by atomic mass is 10.1. The monoisotopic (exact) mass is 350 g/mol. The fourth-order valence-electron chi connectivity index (χ4n) is 2.77. The van der Waals surface area contributed by atoms with E-state index in [1.807, 2.05) is 30.3 Å². The quantitative estimate of drug-likeness (QED) is 0.836. The van der Waals surface area contributed by atoms with Gasteiger partial charge < -0.3 is 15.0 Å². The molecule has 1 N–H and O–H groups in total. The Hall–Kier alpha value is -3.08. The number of nitrogens with one attached hydrogen (secondary N) is 1. The van der Waals surface area contributed by atoms with Crippen LogP contribution in [0.25, 0.3) is 6.08 Å². The lowest BCUT2D eigenvalue weighted by molar-refractivity contribution is -0.121. The Bertz CT molecular complexity index is 828. The molecule has 134 valence electrons. The van der Waals surface area contributed by atoms with Gasteiger partial charge in [0.25, 0.3) is 5.91 Å². The van der Waals surface area contributed by atoms with E-state index in [1.54, 1.807) is 29.2 Å². The van der Waals surface area contributed by atoms with Gasteiger partial charge in [-0.25, -0.2) is 0 Å². The number of benzene rings is 2.